The molecule has 1 unspecified atom stereocenters. The minimum absolute atomic E-state index is 0.0795. The van der Waals surface area contributed by atoms with E-state index in [-0.39, 0.29) is 42.3 Å². The molecule has 12 nitrogen and oxygen atoms in total. The summed E-state index contributed by atoms with van der Waals surface area (Å²) in [5.41, 5.74) is 9.17. The van der Waals surface area contributed by atoms with Gasteiger partial charge in [0.2, 0.25) is 11.8 Å². The number of halogens is 1. The van der Waals surface area contributed by atoms with Gasteiger partial charge in [-0.25, -0.2) is 4.98 Å². The molecule has 2 fully saturated rings. The number of aryl methyl sites for hydroxylation is 1. The average molecular weight is 889 g/mol. The van der Waals surface area contributed by atoms with E-state index >= 15 is 0 Å². The summed E-state index contributed by atoms with van der Waals surface area (Å²) in [6, 6.07) is 21.1. The lowest BCUT2D eigenvalue weighted by molar-refractivity contribution is -0.141. The number of carbonyl (C=O) groups is 2. The number of rotatable bonds is 11. The molecule has 0 saturated carbocycles. The molecular weight excluding hydrogens is 834 g/mol. The number of hydrogen-bond acceptors (Lipinski definition) is 10. The molecule has 328 valence electrons. The van der Waals surface area contributed by atoms with Crippen molar-refractivity contribution in [3.63, 3.8) is 0 Å². The monoisotopic (exact) mass is 887 g/mol. The zero-order valence-corrected chi connectivity index (χ0v) is 38.2. The molecule has 2 amide bonds. The van der Waals surface area contributed by atoms with Crippen LogP contribution in [0.5, 0.6) is 0 Å². The molecule has 4 atom stereocenters. The molecule has 0 radical (unpaired) electrons. The molecule has 2 saturated heterocycles. The number of thiazole rings is 1. The molecular formula is C49H54ClN7O5S. The van der Waals surface area contributed by atoms with Crippen LogP contribution < -0.4 is 10.9 Å². The van der Waals surface area contributed by atoms with E-state index < -0.39 is 23.5 Å². The van der Waals surface area contributed by atoms with E-state index in [2.05, 4.69) is 62.0 Å². The van der Waals surface area contributed by atoms with Crippen LogP contribution in [0.25, 0.3) is 27.0 Å². The van der Waals surface area contributed by atoms with Crippen molar-refractivity contribution in [1.82, 2.24) is 34.8 Å². The smallest absolute Gasteiger partial charge is 0.282 e. The van der Waals surface area contributed by atoms with Gasteiger partial charge >= 0.3 is 0 Å². The predicted molar refractivity (Wildman–Crippen MR) is 246 cm³/mol. The van der Waals surface area contributed by atoms with Crippen molar-refractivity contribution in [1.29, 1.82) is 0 Å². The minimum atomic E-state index is -0.804. The number of piperidine rings is 1. The fourth-order valence-electron chi connectivity index (χ4n) is 9.98. The van der Waals surface area contributed by atoms with E-state index in [0.717, 1.165) is 82.5 Å². The largest absolute Gasteiger partial charge is 0.391 e. The Kier molecular flexibility index (Phi) is 11.7. The van der Waals surface area contributed by atoms with Crippen molar-refractivity contribution in [3.05, 3.63) is 127 Å². The lowest BCUT2D eigenvalue weighted by Crippen LogP contribution is -2.48. The molecule has 0 aliphatic carbocycles. The van der Waals surface area contributed by atoms with Crippen LogP contribution in [0.4, 0.5) is 0 Å². The van der Waals surface area contributed by atoms with Crippen LogP contribution >= 0.6 is 22.9 Å². The first-order valence-electron chi connectivity index (χ1n) is 22.0. The third kappa shape index (κ3) is 8.02. The number of aliphatic hydroxyl groups excluding tert-OH is 1. The van der Waals surface area contributed by atoms with Crippen LogP contribution in [0.15, 0.2) is 81.6 Å². The summed E-state index contributed by atoms with van der Waals surface area (Å²) >= 11 is 8.07. The number of nitrogens with zero attached hydrogens (tertiary/aromatic N) is 6. The van der Waals surface area contributed by atoms with Crippen LogP contribution in [0, 0.1) is 12.8 Å². The fraction of sp³-hybridized carbons (Fsp3) is 0.429. The molecule has 9 rings (SSSR count). The van der Waals surface area contributed by atoms with Gasteiger partial charge in [-0.15, -0.1) is 11.3 Å². The van der Waals surface area contributed by atoms with E-state index in [4.69, 9.17) is 16.1 Å². The van der Waals surface area contributed by atoms with E-state index in [9.17, 15) is 19.5 Å². The van der Waals surface area contributed by atoms with E-state index in [1.807, 2.05) is 75.7 Å². The topological polar surface area (TPSA) is 147 Å². The molecule has 6 heterocycles. The van der Waals surface area contributed by atoms with E-state index in [1.165, 1.54) is 10.5 Å². The molecule has 0 spiro atoms. The summed E-state index contributed by atoms with van der Waals surface area (Å²) in [5, 5.41) is 19.1. The first-order chi connectivity index (χ1) is 30.2. The predicted octanol–water partition coefficient (Wildman–Crippen LogP) is 8.10. The third-order valence-electron chi connectivity index (χ3n) is 13.6. The quantitative estimate of drug-likeness (QED) is 0.132. The van der Waals surface area contributed by atoms with Crippen LogP contribution in [0.2, 0.25) is 5.02 Å². The highest BCUT2D eigenvalue weighted by atomic mass is 35.5. The van der Waals surface area contributed by atoms with Crippen molar-refractivity contribution < 1.29 is 19.2 Å². The zero-order valence-electron chi connectivity index (χ0n) is 36.6. The molecule has 3 aromatic carbocycles. The SMILES string of the molecule is Cc1ncsc1-c1ccc([C@H](C)NC(=O)[C@@H]2C[C@@H](O)CN2C(=O)C(c2cc(CCN3CCC(c4ccc5c(c4)C(C)(C)c4nc(=O)c6c(Cl)cccc6n4-5)CC3)no2)C(C)C)cc1. The number of β-amino-alcohol motifs (C(OH)–C–C–N with tert-alkyl or cyclic N) is 1. The number of nitrogens with one attached hydrogen (secondary N) is 1. The summed E-state index contributed by atoms with van der Waals surface area (Å²) in [5.74, 6) is 0.300. The van der Waals surface area contributed by atoms with Gasteiger partial charge in [0.1, 0.15) is 23.5 Å². The number of hydrogen-bond donors (Lipinski definition) is 2. The Balaban J connectivity index is 0.811. The number of benzene rings is 3. The summed E-state index contributed by atoms with van der Waals surface area (Å²) in [6.45, 7) is 14.9. The molecule has 3 aliphatic heterocycles. The number of amides is 2. The Morgan fingerprint density at radius 3 is 2.52 bits per heavy atom. The number of aromatic nitrogens is 4. The first-order valence-corrected chi connectivity index (χ1v) is 23.3. The Bertz CT molecular complexity index is 2750. The van der Waals surface area contributed by atoms with Crippen molar-refractivity contribution >= 4 is 45.7 Å². The standard InChI is InChI=1S/C49H54ClN7O5S/c1-27(2)42(47(61)56-25-35(58)24-40(56)45(59)52-28(3)30-10-12-32(13-11-30)44-29(4)51-26-63-44)41-23-34(54-62-41)18-21-55-19-16-31(17-20-55)33-14-15-38-36(22-33)49(5,6)48-53-46(60)43-37(50)8-7-9-39(43)57(38)48/h7-15,22-23,26-28,31,35,40,42,58H,16-21,24-25H2,1-6H3,(H,52,59)/t28-,35+,40-,42?/m0/s1. The Morgan fingerprint density at radius 1 is 1.05 bits per heavy atom. The Hall–Kier alpha value is -5.21. The highest BCUT2D eigenvalue weighted by Crippen LogP contribution is 2.45. The van der Waals surface area contributed by atoms with E-state index in [0.29, 0.717) is 28.5 Å². The minimum Gasteiger partial charge on any atom is -0.391 e. The van der Waals surface area contributed by atoms with Crippen LogP contribution in [0.1, 0.15) is 111 Å². The fourth-order valence-corrected chi connectivity index (χ4v) is 11.0. The summed E-state index contributed by atoms with van der Waals surface area (Å²) in [6.07, 6.45) is 2.08. The summed E-state index contributed by atoms with van der Waals surface area (Å²) in [4.78, 5) is 55.1. The van der Waals surface area contributed by atoms with Crippen molar-refractivity contribution in [2.75, 3.05) is 26.2 Å². The molecule has 2 N–H and O–H groups in total. The molecule has 0 bridgehead atoms. The maximum atomic E-state index is 14.3. The van der Waals surface area contributed by atoms with Gasteiger partial charge in [-0.1, -0.05) is 73.1 Å². The van der Waals surface area contributed by atoms with Gasteiger partial charge < -0.3 is 24.7 Å². The number of likely N-dealkylation sites (tertiary alicyclic amines) is 2. The summed E-state index contributed by atoms with van der Waals surface area (Å²) < 4.78 is 7.97. The van der Waals surface area contributed by atoms with Gasteiger partial charge in [-0.2, -0.15) is 4.98 Å². The number of carbonyl (C=O) groups excluding carboxylic acids is 2. The van der Waals surface area contributed by atoms with Gasteiger partial charge in [0.05, 0.1) is 60.9 Å². The van der Waals surface area contributed by atoms with Crippen molar-refractivity contribution in [3.8, 4) is 16.1 Å². The van der Waals surface area contributed by atoms with Crippen molar-refractivity contribution in [2.45, 2.75) is 103 Å². The molecule has 3 aliphatic rings. The number of aliphatic hydroxyl groups is 1. The maximum Gasteiger partial charge on any atom is 0.282 e. The third-order valence-corrected chi connectivity index (χ3v) is 14.9. The molecule has 63 heavy (non-hydrogen) atoms. The van der Waals surface area contributed by atoms with Gasteiger partial charge in [0.15, 0.2) is 0 Å². The lowest BCUT2D eigenvalue weighted by atomic mass is 9.81. The normalized spacial score (nSPS) is 19.7. The van der Waals surface area contributed by atoms with Crippen LogP contribution in [-0.2, 0) is 21.4 Å². The Labute approximate surface area is 376 Å². The number of fused-ring (bicyclic) bond motifs is 5. The molecule has 6 aromatic rings. The van der Waals surface area contributed by atoms with Gasteiger partial charge in [0, 0.05) is 32.0 Å². The second kappa shape index (κ2) is 17.1. The van der Waals surface area contributed by atoms with Crippen LogP contribution in [0.3, 0.4) is 0 Å². The van der Waals surface area contributed by atoms with Gasteiger partial charge in [-0.05, 0) is 106 Å². The highest BCUT2D eigenvalue weighted by molar-refractivity contribution is 7.13. The lowest BCUT2D eigenvalue weighted by Gasteiger charge is -2.32. The average Bonchev–Trinajstić information content (AvgIpc) is 4.06. The maximum absolute atomic E-state index is 14.3. The summed E-state index contributed by atoms with van der Waals surface area (Å²) in [7, 11) is 0. The highest BCUT2D eigenvalue weighted by Gasteiger charge is 2.44. The Morgan fingerprint density at radius 2 is 1.81 bits per heavy atom. The van der Waals surface area contributed by atoms with Crippen molar-refractivity contribution in [2.24, 2.45) is 5.92 Å². The zero-order chi connectivity index (χ0) is 44.3. The van der Waals surface area contributed by atoms with Crippen LogP contribution in [-0.4, -0.2) is 84.7 Å². The second-order valence-corrected chi connectivity index (χ2v) is 19.7. The van der Waals surface area contributed by atoms with Gasteiger partial charge in [0.25, 0.3) is 5.56 Å². The molecule has 14 heteroatoms. The molecule has 3 aromatic heterocycles. The van der Waals surface area contributed by atoms with Gasteiger partial charge in [-0.3, -0.25) is 19.0 Å². The first kappa shape index (κ1) is 43.1. The van der Waals surface area contributed by atoms with E-state index in [1.54, 1.807) is 17.4 Å². The second-order valence-electron chi connectivity index (χ2n) is 18.4.